The highest BCUT2D eigenvalue weighted by atomic mass is 32.2. The summed E-state index contributed by atoms with van der Waals surface area (Å²) in [7, 11) is -1.95. The van der Waals surface area contributed by atoms with Crippen LogP contribution in [-0.2, 0) is 14.8 Å². The van der Waals surface area contributed by atoms with E-state index < -0.39 is 22.6 Å². The first kappa shape index (κ1) is 18.7. The van der Waals surface area contributed by atoms with Gasteiger partial charge in [-0.05, 0) is 44.2 Å². The molecule has 7 nitrogen and oxygen atoms in total. The number of furan rings is 1. The second kappa shape index (κ2) is 7.10. The number of benzene rings is 1. The maximum Gasteiger partial charge on any atom is 0.342 e. The Hall–Kier alpha value is -2.61. The van der Waals surface area contributed by atoms with Crippen molar-refractivity contribution in [2.45, 2.75) is 13.8 Å². The number of anilines is 1. The number of hydrogen-bond donors (Lipinski definition) is 0. The molecule has 0 saturated heterocycles. The van der Waals surface area contributed by atoms with Crippen LogP contribution in [0.15, 0.2) is 34.7 Å². The minimum Gasteiger partial charge on any atom is -0.466 e. The summed E-state index contributed by atoms with van der Waals surface area (Å²) >= 11 is 0. The van der Waals surface area contributed by atoms with E-state index in [1.807, 2.05) is 0 Å². The summed E-state index contributed by atoms with van der Waals surface area (Å²) < 4.78 is 34.3. The molecule has 1 heterocycles. The smallest absolute Gasteiger partial charge is 0.342 e. The Balaban J connectivity index is 2.02. The van der Waals surface area contributed by atoms with Crippen molar-refractivity contribution in [1.29, 1.82) is 0 Å². The average molecular weight is 365 g/mol. The van der Waals surface area contributed by atoms with E-state index in [1.54, 1.807) is 19.9 Å². The molecular weight excluding hydrogens is 346 g/mol. The third-order valence-electron chi connectivity index (χ3n) is 3.65. The first-order chi connectivity index (χ1) is 11.6. The molecule has 25 heavy (non-hydrogen) atoms. The van der Waals surface area contributed by atoms with Crippen LogP contribution in [0.4, 0.5) is 5.69 Å². The number of nitrogens with zero attached hydrogens (tertiary/aromatic N) is 1. The van der Waals surface area contributed by atoms with Crippen LogP contribution in [0.1, 0.15) is 32.2 Å². The lowest BCUT2D eigenvalue weighted by Crippen LogP contribution is -2.24. The van der Waals surface area contributed by atoms with Gasteiger partial charge < -0.3 is 9.15 Å². The van der Waals surface area contributed by atoms with Gasteiger partial charge in [0.15, 0.2) is 12.4 Å². The third-order valence-corrected chi connectivity index (χ3v) is 4.85. The fourth-order valence-electron chi connectivity index (χ4n) is 2.17. The van der Waals surface area contributed by atoms with Crippen LogP contribution in [0.25, 0.3) is 0 Å². The van der Waals surface area contributed by atoms with E-state index in [0.29, 0.717) is 22.8 Å². The molecule has 134 valence electrons. The molecule has 1 aromatic heterocycles. The number of hydrogen-bond acceptors (Lipinski definition) is 6. The van der Waals surface area contributed by atoms with Gasteiger partial charge in [-0.1, -0.05) is 0 Å². The number of carbonyl (C=O) groups excluding carboxylic acids is 2. The number of esters is 1. The highest BCUT2D eigenvalue weighted by molar-refractivity contribution is 7.92. The summed E-state index contributed by atoms with van der Waals surface area (Å²) in [6.07, 6.45) is 1.09. The standard InChI is InChI=1S/C17H19NO6S/c1-11-9-15(12(2)24-11)17(20)23-10-16(19)13-5-7-14(8-6-13)18(3)25(4,21)22/h5-9H,10H2,1-4H3. The average Bonchev–Trinajstić information content (AvgIpc) is 2.89. The number of aryl methyl sites for hydroxylation is 2. The maximum atomic E-state index is 12.1. The number of sulfonamides is 1. The number of Topliss-reactive ketones (excluding diaryl/α,β-unsaturated/α-hetero) is 1. The highest BCUT2D eigenvalue weighted by Crippen LogP contribution is 2.17. The Morgan fingerprint density at radius 1 is 1.16 bits per heavy atom. The third kappa shape index (κ3) is 4.48. The SMILES string of the molecule is Cc1cc(C(=O)OCC(=O)c2ccc(N(C)S(C)(=O)=O)cc2)c(C)o1. The molecule has 0 fully saturated rings. The molecular formula is C17H19NO6S. The summed E-state index contributed by atoms with van der Waals surface area (Å²) in [5.74, 6) is 0.000356. The second-order valence-corrected chi connectivity index (χ2v) is 7.62. The van der Waals surface area contributed by atoms with Crippen LogP contribution in [-0.4, -0.2) is 40.1 Å². The number of ketones is 1. The minimum absolute atomic E-state index is 0.287. The lowest BCUT2D eigenvalue weighted by molar-refractivity contribution is 0.0473. The molecule has 2 rings (SSSR count). The van der Waals surface area contributed by atoms with Crippen LogP contribution < -0.4 is 4.31 Å². The van der Waals surface area contributed by atoms with Crippen molar-refractivity contribution in [2.24, 2.45) is 0 Å². The Morgan fingerprint density at radius 3 is 2.24 bits per heavy atom. The van der Waals surface area contributed by atoms with Gasteiger partial charge >= 0.3 is 5.97 Å². The molecule has 0 atom stereocenters. The van der Waals surface area contributed by atoms with E-state index >= 15 is 0 Å². The molecule has 0 N–H and O–H groups in total. The zero-order valence-corrected chi connectivity index (χ0v) is 15.2. The summed E-state index contributed by atoms with van der Waals surface area (Å²) in [4.78, 5) is 24.1. The molecule has 0 saturated carbocycles. The topological polar surface area (TPSA) is 93.9 Å². The van der Waals surface area contributed by atoms with Crippen molar-refractivity contribution < 1.29 is 27.2 Å². The fourth-order valence-corrected chi connectivity index (χ4v) is 2.68. The highest BCUT2D eigenvalue weighted by Gasteiger charge is 2.17. The van der Waals surface area contributed by atoms with Crippen molar-refractivity contribution in [1.82, 2.24) is 0 Å². The Morgan fingerprint density at radius 2 is 1.76 bits per heavy atom. The van der Waals surface area contributed by atoms with Crippen molar-refractivity contribution in [3.63, 3.8) is 0 Å². The van der Waals surface area contributed by atoms with Crippen molar-refractivity contribution in [3.8, 4) is 0 Å². The second-order valence-electron chi connectivity index (χ2n) is 5.60. The first-order valence-corrected chi connectivity index (χ1v) is 9.25. The summed E-state index contributed by atoms with van der Waals surface area (Å²) in [5, 5.41) is 0. The predicted molar refractivity (Wildman–Crippen MR) is 92.5 cm³/mol. The van der Waals surface area contributed by atoms with Gasteiger partial charge in [-0.25, -0.2) is 13.2 Å². The van der Waals surface area contributed by atoms with E-state index in [9.17, 15) is 18.0 Å². The summed E-state index contributed by atoms with van der Waals surface area (Å²) in [6, 6.07) is 7.55. The van der Waals surface area contributed by atoms with Crippen LogP contribution in [0.2, 0.25) is 0 Å². The Bertz CT molecular complexity index is 896. The monoisotopic (exact) mass is 365 g/mol. The molecule has 0 bridgehead atoms. The molecule has 0 amide bonds. The van der Waals surface area contributed by atoms with Gasteiger partial charge in [-0.2, -0.15) is 0 Å². The van der Waals surface area contributed by atoms with Gasteiger partial charge in [0.1, 0.15) is 17.1 Å². The van der Waals surface area contributed by atoms with Crippen molar-refractivity contribution in [3.05, 3.63) is 53.0 Å². The van der Waals surface area contributed by atoms with Crippen LogP contribution >= 0.6 is 0 Å². The van der Waals surface area contributed by atoms with Crippen molar-refractivity contribution >= 4 is 27.5 Å². The van der Waals surface area contributed by atoms with E-state index in [-0.39, 0.29) is 11.3 Å². The van der Waals surface area contributed by atoms with Crippen molar-refractivity contribution in [2.75, 3.05) is 24.2 Å². The Kier molecular flexibility index (Phi) is 5.32. The summed E-state index contributed by atoms with van der Waals surface area (Å²) in [6.45, 7) is 2.94. The van der Waals surface area contributed by atoms with Crippen LogP contribution in [0, 0.1) is 13.8 Å². The maximum absolute atomic E-state index is 12.1. The van der Waals surface area contributed by atoms with Gasteiger partial charge in [0.25, 0.3) is 0 Å². The van der Waals surface area contributed by atoms with Gasteiger partial charge in [-0.3, -0.25) is 9.10 Å². The lowest BCUT2D eigenvalue weighted by atomic mass is 10.1. The van der Waals surface area contributed by atoms with Crippen LogP contribution in [0.3, 0.4) is 0 Å². The van der Waals surface area contributed by atoms with Gasteiger partial charge in [0.2, 0.25) is 10.0 Å². The number of rotatable bonds is 6. The molecule has 2 aromatic rings. The first-order valence-electron chi connectivity index (χ1n) is 7.41. The molecule has 0 radical (unpaired) electrons. The molecule has 0 aliphatic heterocycles. The quantitative estimate of drug-likeness (QED) is 0.576. The van der Waals surface area contributed by atoms with Gasteiger partial charge in [0, 0.05) is 12.6 Å². The molecule has 0 spiro atoms. The van der Waals surface area contributed by atoms with E-state index in [4.69, 9.17) is 9.15 Å². The largest absolute Gasteiger partial charge is 0.466 e. The minimum atomic E-state index is -3.37. The van der Waals surface area contributed by atoms with Crippen LogP contribution in [0.5, 0.6) is 0 Å². The zero-order valence-electron chi connectivity index (χ0n) is 14.4. The van der Waals surface area contributed by atoms with E-state index in [0.717, 1.165) is 10.6 Å². The van der Waals surface area contributed by atoms with E-state index in [2.05, 4.69) is 0 Å². The van der Waals surface area contributed by atoms with Gasteiger partial charge in [-0.15, -0.1) is 0 Å². The zero-order chi connectivity index (χ0) is 18.8. The van der Waals surface area contributed by atoms with Gasteiger partial charge in [0.05, 0.1) is 11.9 Å². The molecule has 0 aliphatic carbocycles. The predicted octanol–water partition coefficient (Wildman–Crippen LogP) is 2.33. The molecule has 8 heteroatoms. The lowest BCUT2D eigenvalue weighted by Gasteiger charge is -2.16. The molecule has 0 unspecified atom stereocenters. The number of carbonyl (C=O) groups is 2. The summed E-state index contributed by atoms with van der Waals surface area (Å²) in [5.41, 5.74) is 1.04. The normalized spacial score (nSPS) is 11.2. The fraction of sp³-hybridized carbons (Fsp3) is 0.294. The number of ether oxygens (including phenoxy) is 1. The Labute approximate surface area is 146 Å². The molecule has 0 aliphatic rings. The molecule has 1 aromatic carbocycles. The van der Waals surface area contributed by atoms with E-state index in [1.165, 1.54) is 31.3 Å².